The van der Waals surface area contributed by atoms with E-state index in [-0.39, 0.29) is 12.6 Å². The molecular weight excluding hydrogens is 250 g/mol. The predicted molar refractivity (Wildman–Crippen MR) is 71.4 cm³/mol. The summed E-state index contributed by atoms with van der Waals surface area (Å²) in [5.74, 6) is 0.527. The van der Waals surface area contributed by atoms with Crippen LogP contribution in [0.4, 0.5) is 8.78 Å². The van der Waals surface area contributed by atoms with E-state index in [2.05, 4.69) is 10.6 Å². The molecule has 4 unspecified atom stereocenters. The topological polar surface area (TPSA) is 44.3 Å². The van der Waals surface area contributed by atoms with E-state index < -0.39 is 12.5 Å². The Morgan fingerprint density at radius 2 is 1.84 bits per heavy atom. The smallest absolute Gasteiger partial charge is 0.265 e. The van der Waals surface area contributed by atoms with E-state index in [1.54, 1.807) is 0 Å². The first-order valence-corrected chi connectivity index (χ1v) is 7.61. The van der Waals surface area contributed by atoms with E-state index in [0.29, 0.717) is 12.0 Å². The summed E-state index contributed by atoms with van der Waals surface area (Å²) in [7, 11) is 0. The lowest BCUT2D eigenvalue weighted by atomic mass is 9.77. The predicted octanol–water partition coefficient (Wildman–Crippen LogP) is 1.90. The number of aliphatic hydroxyl groups excluding tert-OH is 1. The van der Waals surface area contributed by atoms with Crippen molar-refractivity contribution in [3.8, 4) is 0 Å². The third-order valence-corrected chi connectivity index (χ3v) is 4.56. The first-order valence-electron chi connectivity index (χ1n) is 7.61. The molecule has 2 rings (SSSR count). The average Bonchev–Trinajstić information content (AvgIpc) is 2.46. The molecule has 0 aromatic rings. The van der Waals surface area contributed by atoms with Crippen LogP contribution in [0, 0.1) is 5.92 Å². The maximum absolute atomic E-state index is 12.3. The van der Waals surface area contributed by atoms with Crippen LogP contribution in [0.1, 0.15) is 44.9 Å². The van der Waals surface area contributed by atoms with Crippen molar-refractivity contribution in [3.05, 3.63) is 0 Å². The van der Waals surface area contributed by atoms with Crippen molar-refractivity contribution in [2.24, 2.45) is 5.92 Å². The van der Waals surface area contributed by atoms with Gasteiger partial charge in [-0.3, -0.25) is 0 Å². The van der Waals surface area contributed by atoms with Gasteiger partial charge in [-0.25, -0.2) is 8.78 Å². The first-order chi connectivity index (χ1) is 9.18. The molecule has 0 bridgehead atoms. The standard InChI is InChI=1S/C14H26F2N2O/c15-14(16)13(19)9-18-12-6-2-1-5-10(12)11-7-3-4-8-17-11/h10-14,17-19H,1-9H2. The van der Waals surface area contributed by atoms with Gasteiger partial charge in [-0.05, 0) is 38.1 Å². The molecule has 2 aliphatic rings. The maximum Gasteiger partial charge on any atom is 0.265 e. The fraction of sp³-hybridized carbons (Fsp3) is 1.00. The molecule has 19 heavy (non-hydrogen) atoms. The molecular formula is C14H26F2N2O. The molecule has 5 heteroatoms. The van der Waals surface area contributed by atoms with Gasteiger partial charge in [0.05, 0.1) is 0 Å². The van der Waals surface area contributed by atoms with Gasteiger partial charge in [-0.1, -0.05) is 19.3 Å². The Morgan fingerprint density at radius 3 is 2.53 bits per heavy atom. The summed E-state index contributed by atoms with van der Waals surface area (Å²) in [6, 6.07) is 0.799. The van der Waals surface area contributed by atoms with Gasteiger partial charge in [0.1, 0.15) is 6.10 Å². The highest BCUT2D eigenvalue weighted by atomic mass is 19.3. The van der Waals surface area contributed by atoms with Gasteiger partial charge in [0, 0.05) is 18.6 Å². The number of nitrogens with one attached hydrogen (secondary N) is 2. The molecule has 1 aliphatic heterocycles. The van der Waals surface area contributed by atoms with Crippen LogP contribution in [0.15, 0.2) is 0 Å². The van der Waals surface area contributed by atoms with Crippen molar-refractivity contribution >= 4 is 0 Å². The molecule has 4 atom stereocenters. The summed E-state index contributed by atoms with van der Waals surface area (Å²) < 4.78 is 24.7. The lowest BCUT2D eigenvalue weighted by Crippen LogP contribution is -2.52. The SMILES string of the molecule is OC(CNC1CCCCC1C1CCCCN1)C(F)F. The van der Waals surface area contributed by atoms with Crippen LogP contribution in [0.5, 0.6) is 0 Å². The number of piperidine rings is 1. The Balaban J connectivity index is 1.84. The van der Waals surface area contributed by atoms with Crippen LogP contribution < -0.4 is 10.6 Å². The first kappa shape index (κ1) is 15.1. The number of alkyl halides is 2. The highest BCUT2D eigenvalue weighted by molar-refractivity contribution is 4.90. The number of halogens is 2. The largest absolute Gasteiger partial charge is 0.386 e. The van der Waals surface area contributed by atoms with E-state index in [9.17, 15) is 13.9 Å². The molecule has 3 N–H and O–H groups in total. The Morgan fingerprint density at radius 1 is 1.11 bits per heavy atom. The molecule has 0 radical (unpaired) electrons. The summed E-state index contributed by atoms with van der Waals surface area (Å²) in [5.41, 5.74) is 0. The second-order valence-electron chi connectivity index (χ2n) is 5.92. The van der Waals surface area contributed by atoms with Crippen LogP contribution >= 0.6 is 0 Å². The molecule has 112 valence electrons. The Kier molecular flexibility index (Phi) is 5.98. The Labute approximate surface area is 114 Å². The monoisotopic (exact) mass is 276 g/mol. The van der Waals surface area contributed by atoms with E-state index in [1.165, 1.54) is 32.1 Å². The zero-order chi connectivity index (χ0) is 13.7. The molecule has 2 fully saturated rings. The molecule has 1 heterocycles. The summed E-state index contributed by atoms with van der Waals surface area (Å²) in [4.78, 5) is 0. The van der Waals surface area contributed by atoms with E-state index in [0.717, 1.165) is 19.4 Å². The lowest BCUT2D eigenvalue weighted by molar-refractivity contribution is -0.00706. The molecule has 1 aliphatic carbocycles. The molecule has 0 spiro atoms. The Bertz CT molecular complexity index is 260. The van der Waals surface area contributed by atoms with Gasteiger partial charge in [0.2, 0.25) is 0 Å². The molecule has 0 aromatic heterocycles. The number of rotatable bonds is 5. The van der Waals surface area contributed by atoms with Crippen molar-refractivity contribution in [3.63, 3.8) is 0 Å². The lowest BCUT2D eigenvalue weighted by Gasteiger charge is -2.40. The number of hydrogen-bond acceptors (Lipinski definition) is 3. The second-order valence-corrected chi connectivity index (χ2v) is 5.92. The molecule has 1 saturated carbocycles. The van der Waals surface area contributed by atoms with E-state index in [4.69, 9.17) is 0 Å². The van der Waals surface area contributed by atoms with Crippen LogP contribution in [0.3, 0.4) is 0 Å². The molecule has 0 amide bonds. The van der Waals surface area contributed by atoms with Crippen molar-refractivity contribution in [2.45, 2.75) is 69.6 Å². The minimum Gasteiger partial charge on any atom is -0.386 e. The zero-order valence-corrected chi connectivity index (χ0v) is 11.5. The summed E-state index contributed by atoms with van der Waals surface area (Å²) >= 11 is 0. The maximum atomic E-state index is 12.3. The molecule has 1 saturated heterocycles. The van der Waals surface area contributed by atoms with Gasteiger partial charge in [0.15, 0.2) is 0 Å². The quantitative estimate of drug-likeness (QED) is 0.718. The van der Waals surface area contributed by atoms with Gasteiger partial charge < -0.3 is 15.7 Å². The zero-order valence-electron chi connectivity index (χ0n) is 11.5. The fourth-order valence-corrected chi connectivity index (χ4v) is 3.50. The van der Waals surface area contributed by atoms with Crippen LogP contribution in [0.2, 0.25) is 0 Å². The summed E-state index contributed by atoms with van der Waals surface area (Å²) in [6.45, 7) is 1.08. The minimum atomic E-state index is -2.65. The van der Waals surface area contributed by atoms with Gasteiger partial charge in [0.25, 0.3) is 6.43 Å². The van der Waals surface area contributed by atoms with Crippen molar-refractivity contribution in [2.75, 3.05) is 13.1 Å². The van der Waals surface area contributed by atoms with Crippen molar-refractivity contribution < 1.29 is 13.9 Å². The third-order valence-electron chi connectivity index (χ3n) is 4.56. The second kappa shape index (κ2) is 7.50. The fourth-order valence-electron chi connectivity index (χ4n) is 3.50. The third kappa shape index (κ3) is 4.36. The van der Waals surface area contributed by atoms with Crippen molar-refractivity contribution in [1.82, 2.24) is 10.6 Å². The highest BCUT2D eigenvalue weighted by Crippen LogP contribution is 2.30. The number of aliphatic hydroxyl groups is 1. The molecule has 0 aromatic carbocycles. The average molecular weight is 276 g/mol. The van der Waals surface area contributed by atoms with E-state index >= 15 is 0 Å². The normalized spacial score (nSPS) is 34.4. The summed E-state index contributed by atoms with van der Waals surface area (Å²) in [6.07, 6.45) is 4.11. The number of hydrogen-bond donors (Lipinski definition) is 3. The molecule has 3 nitrogen and oxygen atoms in total. The van der Waals surface area contributed by atoms with Crippen molar-refractivity contribution in [1.29, 1.82) is 0 Å². The van der Waals surface area contributed by atoms with E-state index in [1.807, 2.05) is 0 Å². The van der Waals surface area contributed by atoms with Crippen LogP contribution in [0.25, 0.3) is 0 Å². The minimum absolute atomic E-state index is 0.00551. The van der Waals surface area contributed by atoms with Gasteiger partial charge in [-0.2, -0.15) is 0 Å². The Hall–Kier alpha value is -0.260. The van der Waals surface area contributed by atoms with Gasteiger partial charge >= 0.3 is 0 Å². The van der Waals surface area contributed by atoms with Crippen LogP contribution in [-0.4, -0.2) is 42.8 Å². The van der Waals surface area contributed by atoms with Crippen LogP contribution in [-0.2, 0) is 0 Å². The van der Waals surface area contributed by atoms with Gasteiger partial charge in [-0.15, -0.1) is 0 Å². The highest BCUT2D eigenvalue weighted by Gasteiger charge is 2.32. The summed E-state index contributed by atoms with van der Waals surface area (Å²) in [5, 5.41) is 16.0.